The highest BCUT2D eigenvalue weighted by Gasteiger charge is 2.33. The standard InChI is InChI=1S/C16H24N2O4/c1-11-8-9-17-12(10-11)18(13(19)21-15(2,3)4)14(20)22-16(5,6)7/h8-10H,1-7H3. The van der Waals surface area contributed by atoms with Gasteiger partial charge in [0.2, 0.25) is 0 Å². The van der Waals surface area contributed by atoms with Gasteiger partial charge in [0.15, 0.2) is 0 Å². The van der Waals surface area contributed by atoms with Crippen LogP contribution < -0.4 is 4.90 Å². The van der Waals surface area contributed by atoms with E-state index in [1.165, 1.54) is 6.20 Å². The van der Waals surface area contributed by atoms with Crippen molar-refractivity contribution in [3.8, 4) is 0 Å². The number of aryl methyl sites for hydroxylation is 1. The molecule has 0 atom stereocenters. The lowest BCUT2D eigenvalue weighted by Gasteiger charge is -2.28. The molecular weight excluding hydrogens is 284 g/mol. The van der Waals surface area contributed by atoms with Gasteiger partial charge in [-0.15, -0.1) is 0 Å². The Morgan fingerprint density at radius 2 is 1.45 bits per heavy atom. The minimum Gasteiger partial charge on any atom is -0.443 e. The summed E-state index contributed by atoms with van der Waals surface area (Å²) in [6.45, 7) is 12.2. The van der Waals surface area contributed by atoms with Crippen molar-refractivity contribution >= 4 is 18.0 Å². The van der Waals surface area contributed by atoms with Gasteiger partial charge >= 0.3 is 12.2 Å². The molecule has 2 amide bonds. The van der Waals surface area contributed by atoms with Gasteiger partial charge in [-0.1, -0.05) is 0 Å². The fourth-order valence-electron chi connectivity index (χ4n) is 1.52. The number of aromatic nitrogens is 1. The molecule has 0 N–H and O–H groups in total. The molecule has 0 aromatic carbocycles. The summed E-state index contributed by atoms with van der Waals surface area (Å²) in [7, 11) is 0. The number of hydrogen-bond donors (Lipinski definition) is 0. The molecule has 0 spiro atoms. The summed E-state index contributed by atoms with van der Waals surface area (Å²) in [4.78, 5) is 29.6. The van der Waals surface area contributed by atoms with E-state index in [0.717, 1.165) is 10.5 Å². The Bertz CT molecular complexity index is 528. The smallest absolute Gasteiger partial charge is 0.425 e. The van der Waals surface area contributed by atoms with Crippen molar-refractivity contribution in [1.82, 2.24) is 4.98 Å². The molecule has 0 fully saturated rings. The van der Waals surface area contributed by atoms with Crippen molar-refractivity contribution in [2.24, 2.45) is 0 Å². The monoisotopic (exact) mass is 308 g/mol. The maximum absolute atomic E-state index is 12.4. The SMILES string of the molecule is Cc1ccnc(N(C(=O)OC(C)(C)C)C(=O)OC(C)(C)C)c1. The van der Waals surface area contributed by atoms with Crippen LogP contribution in [0.3, 0.4) is 0 Å². The van der Waals surface area contributed by atoms with E-state index in [1.807, 2.05) is 6.92 Å². The van der Waals surface area contributed by atoms with Crippen molar-refractivity contribution in [3.63, 3.8) is 0 Å². The van der Waals surface area contributed by atoms with Crippen LogP contribution in [0.1, 0.15) is 47.1 Å². The summed E-state index contributed by atoms with van der Waals surface area (Å²) < 4.78 is 10.6. The summed E-state index contributed by atoms with van der Waals surface area (Å²) in [5.74, 6) is 0.170. The lowest BCUT2D eigenvalue weighted by atomic mass is 10.2. The van der Waals surface area contributed by atoms with Crippen LogP contribution in [0, 0.1) is 6.92 Å². The number of carbonyl (C=O) groups is 2. The van der Waals surface area contributed by atoms with Gasteiger partial charge in [0, 0.05) is 6.20 Å². The Morgan fingerprint density at radius 1 is 1.00 bits per heavy atom. The van der Waals surface area contributed by atoms with Gasteiger partial charge in [0.25, 0.3) is 0 Å². The molecule has 0 aliphatic rings. The van der Waals surface area contributed by atoms with Crippen LogP contribution in [0.25, 0.3) is 0 Å². The third-order valence-corrected chi connectivity index (χ3v) is 2.28. The van der Waals surface area contributed by atoms with Gasteiger partial charge in [0.1, 0.15) is 17.0 Å². The van der Waals surface area contributed by atoms with Crippen LogP contribution >= 0.6 is 0 Å². The molecular formula is C16H24N2O4. The molecule has 1 rings (SSSR count). The second-order valence-electron chi connectivity index (χ2n) is 6.99. The molecule has 0 saturated heterocycles. The van der Waals surface area contributed by atoms with Crippen LogP contribution in [-0.4, -0.2) is 28.4 Å². The van der Waals surface area contributed by atoms with E-state index in [9.17, 15) is 9.59 Å². The Balaban J connectivity index is 3.15. The zero-order chi connectivity index (χ0) is 17.1. The predicted octanol–water partition coefficient (Wildman–Crippen LogP) is 4.07. The highest BCUT2D eigenvalue weighted by molar-refractivity contribution is 6.08. The highest BCUT2D eigenvalue weighted by atomic mass is 16.6. The molecule has 6 nitrogen and oxygen atoms in total. The Hall–Kier alpha value is -2.11. The van der Waals surface area contributed by atoms with E-state index in [0.29, 0.717) is 0 Å². The second kappa shape index (κ2) is 6.34. The number of anilines is 1. The minimum atomic E-state index is -0.820. The first-order valence-corrected chi connectivity index (χ1v) is 7.08. The Kier molecular flexibility index (Phi) is 5.17. The predicted molar refractivity (Wildman–Crippen MR) is 83.9 cm³/mol. The molecule has 1 heterocycles. The number of hydrogen-bond acceptors (Lipinski definition) is 5. The molecule has 6 heteroatoms. The number of ether oxygens (including phenoxy) is 2. The van der Waals surface area contributed by atoms with Crippen LogP contribution in [0.15, 0.2) is 18.3 Å². The molecule has 0 radical (unpaired) electrons. The topological polar surface area (TPSA) is 68.7 Å². The van der Waals surface area contributed by atoms with Crippen molar-refractivity contribution in [2.75, 3.05) is 4.90 Å². The molecule has 0 aliphatic carbocycles. The van der Waals surface area contributed by atoms with Crippen molar-refractivity contribution in [1.29, 1.82) is 0 Å². The van der Waals surface area contributed by atoms with Crippen molar-refractivity contribution in [2.45, 2.75) is 59.7 Å². The molecule has 0 unspecified atom stereocenters. The number of imide groups is 1. The maximum Gasteiger partial charge on any atom is 0.425 e. The van der Waals surface area contributed by atoms with E-state index in [4.69, 9.17) is 9.47 Å². The van der Waals surface area contributed by atoms with Gasteiger partial charge in [-0.25, -0.2) is 14.6 Å². The summed E-state index contributed by atoms with van der Waals surface area (Å²) in [5.41, 5.74) is -0.607. The van der Waals surface area contributed by atoms with E-state index in [1.54, 1.807) is 53.7 Å². The van der Waals surface area contributed by atoms with Crippen LogP contribution in [0.4, 0.5) is 15.4 Å². The zero-order valence-corrected chi connectivity index (χ0v) is 14.3. The quantitative estimate of drug-likeness (QED) is 0.782. The van der Waals surface area contributed by atoms with Crippen LogP contribution in [0.5, 0.6) is 0 Å². The number of carbonyl (C=O) groups excluding carboxylic acids is 2. The molecule has 122 valence electrons. The number of nitrogens with zero attached hydrogens (tertiary/aromatic N) is 2. The van der Waals surface area contributed by atoms with Gasteiger partial charge in [-0.2, -0.15) is 4.90 Å². The maximum atomic E-state index is 12.4. The molecule has 0 aliphatic heterocycles. The minimum absolute atomic E-state index is 0.170. The first-order chi connectivity index (χ1) is 9.89. The average Bonchev–Trinajstić information content (AvgIpc) is 2.23. The zero-order valence-electron chi connectivity index (χ0n) is 14.3. The van der Waals surface area contributed by atoms with Crippen LogP contribution in [0.2, 0.25) is 0 Å². The molecule has 22 heavy (non-hydrogen) atoms. The van der Waals surface area contributed by atoms with Gasteiger partial charge < -0.3 is 9.47 Å². The number of pyridine rings is 1. The number of rotatable bonds is 1. The van der Waals surface area contributed by atoms with E-state index in [2.05, 4.69) is 4.98 Å². The van der Waals surface area contributed by atoms with Gasteiger partial charge in [-0.3, -0.25) is 0 Å². The summed E-state index contributed by atoms with van der Waals surface area (Å²) in [6, 6.07) is 3.39. The fourth-order valence-corrected chi connectivity index (χ4v) is 1.52. The third-order valence-electron chi connectivity index (χ3n) is 2.28. The lowest BCUT2D eigenvalue weighted by Crippen LogP contribution is -2.44. The second-order valence-corrected chi connectivity index (χ2v) is 6.99. The average molecular weight is 308 g/mol. The first kappa shape index (κ1) is 17.9. The van der Waals surface area contributed by atoms with Gasteiger partial charge in [-0.05, 0) is 66.2 Å². The molecule has 1 aromatic rings. The van der Waals surface area contributed by atoms with Crippen molar-refractivity contribution in [3.05, 3.63) is 23.9 Å². The lowest BCUT2D eigenvalue weighted by molar-refractivity contribution is 0.0429. The normalized spacial score (nSPS) is 11.8. The summed E-state index contributed by atoms with van der Waals surface area (Å²) in [6.07, 6.45) is -0.119. The highest BCUT2D eigenvalue weighted by Crippen LogP contribution is 2.20. The largest absolute Gasteiger partial charge is 0.443 e. The van der Waals surface area contributed by atoms with E-state index < -0.39 is 23.4 Å². The fraction of sp³-hybridized carbons (Fsp3) is 0.562. The van der Waals surface area contributed by atoms with Crippen molar-refractivity contribution < 1.29 is 19.1 Å². The Labute approximate surface area is 131 Å². The Morgan fingerprint density at radius 3 is 1.82 bits per heavy atom. The van der Waals surface area contributed by atoms with E-state index in [-0.39, 0.29) is 5.82 Å². The summed E-state index contributed by atoms with van der Waals surface area (Å²) in [5, 5.41) is 0. The van der Waals surface area contributed by atoms with E-state index >= 15 is 0 Å². The molecule has 0 bridgehead atoms. The molecule has 0 saturated carbocycles. The third kappa shape index (κ3) is 5.71. The molecule has 1 aromatic heterocycles. The first-order valence-electron chi connectivity index (χ1n) is 7.08. The summed E-state index contributed by atoms with van der Waals surface area (Å²) >= 11 is 0. The van der Waals surface area contributed by atoms with Crippen LogP contribution in [-0.2, 0) is 9.47 Å². The number of amides is 2. The van der Waals surface area contributed by atoms with Gasteiger partial charge in [0.05, 0.1) is 0 Å².